The number of aryl methyl sites for hydroxylation is 1. The van der Waals surface area contributed by atoms with Crippen molar-refractivity contribution < 1.29 is 19.3 Å². The fourth-order valence-electron chi connectivity index (χ4n) is 5.34. The molecule has 0 spiro atoms. The summed E-state index contributed by atoms with van der Waals surface area (Å²) in [6, 6.07) is 8.97. The maximum atomic E-state index is 13.0. The van der Waals surface area contributed by atoms with Crippen LogP contribution in [0.2, 0.25) is 5.02 Å². The first-order valence-electron chi connectivity index (χ1n) is 11.4. The van der Waals surface area contributed by atoms with E-state index in [1.165, 1.54) is 23.1 Å². The third-order valence-corrected chi connectivity index (χ3v) is 7.51. The summed E-state index contributed by atoms with van der Waals surface area (Å²) in [5.41, 5.74) is 1.48. The number of non-ortho nitro benzene ring substituents is 1. The number of hydrogen-bond donors (Lipinski definition) is 2. The largest absolute Gasteiger partial charge is 0.383 e. The molecule has 2 fully saturated rings. The highest BCUT2D eigenvalue weighted by Crippen LogP contribution is 2.52. The molecular weight excluding hydrogens is 472 g/mol. The number of hydrogen-bond acceptors (Lipinski definition) is 6. The fourth-order valence-corrected chi connectivity index (χ4v) is 5.52. The molecule has 4 unspecified atom stereocenters. The van der Waals surface area contributed by atoms with Gasteiger partial charge in [0.25, 0.3) is 11.6 Å². The summed E-state index contributed by atoms with van der Waals surface area (Å²) in [6.07, 6.45) is 4.95. The summed E-state index contributed by atoms with van der Waals surface area (Å²) < 4.78 is 0. The van der Waals surface area contributed by atoms with Gasteiger partial charge in [-0.2, -0.15) is 0 Å². The van der Waals surface area contributed by atoms with Crippen molar-refractivity contribution >= 4 is 46.4 Å². The van der Waals surface area contributed by atoms with E-state index in [1.807, 2.05) is 19.1 Å². The highest BCUT2D eigenvalue weighted by atomic mass is 35.5. The fraction of sp³-hybridized carbons (Fsp3) is 0.320. The van der Waals surface area contributed by atoms with Crippen LogP contribution in [-0.4, -0.2) is 40.6 Å². The number of nitrogens with one attached hydrogen (secondary N) is 2. The van der Waals surface area contributed by atoms with Crippen LogP contribution in [0.3, 0.4) is 0 Å². The standard InChI is InChI=1S/C25H23ClN4O5/c1-13-2-5-16(11-19(13)26)28-23(31)18-12-17(30(34)35)6-7-20(18)27-8-9-29-24(32)21-14-3-4-15(10-14)22(21)25(29)33/h2-7,11-12,14-15,21-22,27H,8-10H2,1H3,(H,28,31). The lowest BCUT2D eigenvalue weighted by Crippen LogP contribution is -2.36. The molecule has 0 radical (unpaired) electrons. The van der Waals surface area contributed by atoms with Crippen molar-refractivity contribution in [2.75, 3.05) is 23.7 Å². The lowest BCUT2D eigenvalue weighted by Gasteiger charge is -2.18. The predicted octanol–water partition coefficient (Wildman–Crippen LogP) is 4.03. The van der Waals surface area contributed by atoms with Gasteiger partial charge in [-0.3, -0.25) is 29.4 Å². The summed E-state index contributed by atoms with van der Waals surface area (Å²) in [5.74, 6) is -1.09. The molecule has 5 rings (SSSR count). The second kappa shape index (κ2) is 8.81. The summed E-state index contributed by atoms with van der Waals surface area (Å²) in [6.45, 7) is 2.19. The number of rotatable bonds is 7. The van der Waals surface area contributed by atoms with Crippen molar-refractivity contribution in [3.05, 3.63) is 74.8 Å². The zero-order chi connectivity index (χ0) is 24.9. The van der Waals surface area contributed by atoms with Gasteiger partial charge in [0, 0.05) is 41.6 Å². The van der Waals surface area contributed by atoms with Gasteiger partial charge in [-0.1, -0.05) is 29.8 Å². The number of halogens is 1. The van der Waals surface area contributed by atoms with Crippen LogP contribution >= 0.6 is 11.6 Å². The second-order valence-corrected chi connectivity index (χ2v) is 9.57. The Kier molecular flexibility index (Phi) is 5.80. The van der Waals surface area contributed by atoms with Crippen LogP contribution in [0.5, 0.6) is 0 Å². The van der Waals surface area contributed by atoms with Crippen LogP contribution in [0.1, 0.15) is 22.3 Å². The Bertz CT molecular complexity index is 1260. The first-order chi connectivity index (χ1) is 16.7. The van der Waals surface area contributed by atoms with Crippen molar-refractivity contribution in [3.63, 3.8) is 0 Å². The van der Waals surface area contributed by atoms with Crippen LogP contribution in [0.25, 0.3) is 0 Å². The predicted molar refractivity (Wildman–Crippen MR) is 130 cm³/mol. The molecule has 2 aromatic carbocycles. The molecule has 3 aliphatic rings. The van der Waals surface area contributed by atoms with Crippen molar-refractivity contribution in [3.8, 4) is 0 Å². The molecule has 35 heavy (non-hydrogen) atoms. The van der Waals surface area contributed by atoms with Gasteiger partial charge in [0.05, 0.1) is 22.3 Å². The van der Waals surface area contributed by atoms with Gasteiger partial charge in [-0.15, -0.1) is 0 Å². The van der Waals surface area contributed by atoms with E-state index in [-0.39, 0.29) is 59.8 Å². The zero-order valence-corrected chi connectivity index (χ0v) is 19.6. The maximum absolute atomic E-state index is 13.0. The Labute approximate surface area is 206 Å². The quantitative estimate of drug-likeness (QED) is 0.259. The van der Waals surface area contributed by atoms with Gasteiger partial charge in [0.2, 0.25) is 11.8 Å². The van der Waals surface area contributed by atoms with E-state index in [1.54, 1.807) is 18.2 Å². The maximum Gasteiger partial charge on any atom is 0.270 e. The molecule has 2 N–H and O–H groups in total. The number of benzene rings is 2. The van der Waals surface area contributed by atoms with Gasteiger partial charge >= 0.3 is 0 Å². The van der Waals surface area contributed by atoms with Crippen LogP contribution in [0, 0.1) is 40.7 Å². The number of nitro benzene ring substituents is 1. The molecule has 2 aromatic rings. The molecule has 10 heteroatoms. The number of nitro groups is 1. The number of allylic oxidation sites excluding steroid dienone is 2. The average molecular weight is 495 g/mol. The van der Waals surface area contributed by atoms with Crippen LogP contribution < -0.4 is 10.6 Å². The number of anilines is 2. The van der Waals surface area contributed by atoms with E-state index in [4.69, 9.17) is 11.6 Å². The Morgan fingerprint density at radius 1 is 1.11 bits per heavy atom. The monoisotopic (exact) mass is 494 g/mol. The summed E-state index contributed by atoms with van der Waals surface area (Å²) in [4.78, 5) is 50.8. The second-order valence-electron chi connectivity index (χ2n) is 9.16. The van der Waals surface area contributed by atoms with Crippen molar-refractivity contribution in [1.82, 2.24) is 4.90 Å². The lowest BCUT2D eigenvalue weighted by atomic mass is 9.85. The van der Waals surface area contributed by atoms with Crippen molar-refractivity contribution in [1.29, 1.82) is 0 Å². The van der Waals surface area contributed by atoms with Gasteiger partial charge in [-0.05, 0) is 48.9 Å². The van der Waals surface area contributed by atoms with Gasteiger partial charge in [0.15, 0.2) is 0 Å². The van der Waals surface area contributed by atoms with Crippen LogP contribution in [0.15, 0.2) is 48.6 Å². The molecule has 9 nitrogen and oxygen atoms in total. The Hall–Kier alpha value is -3.72. The number of carbonyl (C=O) groups excluding carboxylic acids is 3. The number of likely N-dealkylation sites (tertiary alicyclic amines) is 1. The van der Waals surface area contributed by atoms with E-state index in [9.17, 15) is 24.5 Å². The number of amides is 3. The van der Waals surface area contributed by atoms with Crippen LogP contribution in [0.4, 0.5) is 17.1 Å². The first-order valence-corrected chi connectivity index (χ1v) is 11.8. The van der Waals surface area contributed by atoms with E-state index in [0.29, 0.717) is 16.4 Å². The minimum atomic E-state index is -0.577. The molecule has 1 heterocycles. The molecule has 180 valence electrons. The number of nitrogens with zero attached hydrogens (tertiary/aromatic N) is 2. The third-order valence-electron chi connectivity index (χ3n) is 7.10. The third kappa shape index (κ3) is 4.05. The van der Waals surface area contributed by atoms with Gasteiger partial charge < -0.3 is 10.6 Å². The molecule has 1 saturated heterocycles. The van der Waals surface area contributed by atoms with E-state index in [2.05, 4.69) is 10.6 Å². The topological polar surface area (TPSA) is 122 Å². The molecular formula is C25H23ClN4O5. The molecule has 3 amide bonds. The molecule has 2 bridgehead atoms. The number of imide groups is 1. The average Bonchev–Trinajstić information content (AvgIpc) is 3.51. The highest BCUT2D eigenvalue weighted by Gasteiger charge is 2.58. The Balaban J connectivity index is 1.30. The molecule has 2 aliphatic carbocycles. The van der Waals surface area contributed by atoms with E-state index >= 15 is 0 Å². The Morgan fingerprint density at radius 2 is 1.80 bits per heavy atom. The summed E-state index contributed by atoms with van der Waals surface area (Å²) in [7, 11) is 0. The molecule has 1 saturated carbocycles. The van der Waals surface area contributed by atoms with Crippen LogP contribution in [-0.2, 0) is 9.59 Å². The van der Waals surface area contributed by atoms with E-state index < -0.39 is 10.8 Å². The minimum Gasteiger partial charge on any atom is -0.383 e. The SMILES string of the molecule is Cc1ccc(NC(=O)c2cc([N+](=O)[O-])ccc2NCCN2C(=O)C3C4C=CC(C4)C3C2=O)cc1Cl. The van der Waals surface area contributed by atoms with Gasteiger partial charge in [-0.25, -0.2) is 0 Å². The zero-order valence-electron chi connectivity index (χ0n) is 18.9. The number of carbonyl (C=O) groups is 3. The molecule has 4 atom stereocenters. The molecule has 0 aromatic heterocycles. The summed E-state index contributed by atoms with van der Waals surface area (Å²) in [5, 5.41) is 17.5. The number of fused-ring (bicyclic) bond motifs is 5. The smallest absolute Gasteiger partial charge is 0.270 e. The Morgan fingerprint density at radius 3 is 2.43 bits per heavy atom. The minimum absolute atomic E-state index is 0.0640. The van der Waals surface area contributed by atoms with Crippen molar-refractivity contribution in [2.45, 2.75) is 13.3 Å². The lowest BCUT2D eigenvalue weighted by molar-refractivity contribution is -0.384. The normalized spacial score (nSPS) is 24.1. The molecule has 1 aliphatic heterocycles. The van der Waals surface area contributed by atoms with E-state index in [0.717, 1.165) is 12.0 Å². The summed E-state index contributed by atoms with van der Waals surface area (Å²) >= 11 is 6.14. The van der Waals surface area contributed by atoms with Gasteiger partial charge in [0.1, 0.15) is 0 Å². The highest BCUT2D eigenvalue weighted by molar-refractivity contribution is 6.31. The van der Waals surface area contributed by atoms with Crippen molar-refractivity contribution in [2.24, 2.45) is 23.7 Å². The first kappa shape index (κ1) is 23.0.